The van der Waals surface area contributed by atoms with Crippen molar-refractivity contribution in [1.29, 1.82) is 0 Å². The van der Waals surface area contributed by atoms with Crippen molar-refractivity contribution in [2.75, 3.05) is 13.3 Å². The molecular formula is C8H11FO3. The molecule has 1 fully saturated rings. The number of hydrogen-bond acceptors (Lipinski definition) is 3. The first-order valence-electron chi connectivity index (χ1n) is 3.94. The second-order valence-electron chi connectivity index (χ2n) is 3.07. The lowest BCUT2D eigenvalue weighted by Crippen LogP contribution is -2.33. The summed E-state index contributed by atoms with van der Waals surface area (Å²) >= 11 is 0. The standard InChI is InChI=1S/C8H11FO3/c1-2-3-8(4-9)5-12-7(11)6(8)10/h2-5H2,1H3. The van der Waals surface area contributed by atoms with E-state index in [1.807, 2.05) is 6.92 Å². The Morgan fingerprint density at radius 3 is 2.58 bits per heavy atom. The smallest absolute Gasteiger partial charge is 0.375 e. The van der Waals surface area contributed by atoms with Gasteiger partial charge in [0.1, 0.15) is 18.7 Å². The molecule has 0 amide bonds. The van der Waals surface area contributed by atoms with Gasteiger partial charge in [-0.15, -0.1) is 0 Å². The van der Waals surface area contributed by atoms with E-state index in [-0.39, 0.29) is 6.61 Å². The predicted molar refractivity (Wildman–Crippen MR) is 39.3 cm³/mol. The SMILES string of the molecule is CCCC1(CF)COC(=O)C1=O. The molecule has 68 valence electrons. The monoisotopic (exact) mass is 174 g/mol. The number of halogens is 1. The molecule has 0 radical (unpaired) electrons. The van der Waals surface area contributed by atoms with Gasteiger partial charge in [-0.1, -0.05) is 13.3 Å². The van der Waals surface area contributed by atoms with Gasteiger partial charge in [0.05, 0.1) is 0 Å². The Morgan fingerprint density at radius 2 is 2.25 bits per heavy atom. The van der Waals surface area contributed by atoms with Crippen molar-refractivity contribution < 1.29 is 18.7 Å². The number of carbonyl (C=O) groups is 2. The number of carbonyl (C=O) groups excluding carboxylic acids is 2. The summed E-state index contributed by atoms with van der Waals surface area (Å²) in [5.74, 6) is -1.59. The van der Waals surface area contributed by atoms with Crippen LogP contribution in [0.5, 0.6) is 0 Å². The lowest BCUT2D eigenvalue weighted by Gasteiger charge is -2.18. The number of cyclic esters (lactones) is 1. The van der Waals surface area contributed by atoms with Crippen LogP contribution in [-0.2, 0) is 14.3 Å². The Morgan fingerprint density at radius 1 is 1.58 bits per heavy atom. The Balaban J connectivity index is 2.80. The molecule has 0 saturated carbocycles. The lowest BCUT2D eigenvalue weighted by atomic mass is 9.83. The van der Waals surface area contributed by atoms with Crippen LogP contribution in [0.1, 0.15) is 19.8 Å². The molecule has 1 rings (SSSR count). The maximum Gasteiger partial charge on any atom is 0.375 e. The molecule has 0 bridgehead atoms. The molecule has 0 N–H and O–H groups in total. The van der Waals surface area contributed by atoms with Gasteiger partial charge in [0.2, 0.25) is 0 Å². The van der Waals surface area contributed by atoms with E-state index in [0.717, 1.165) is 0 Å². The van der Waals surface area contributed by atoms with E-state index in [2.05, 4.69) is 4.74 Å². The number of rotatable bonds is 3. The number of hydrogen-bond donors (Lipinski definition) is 0. The van der Waals surface area contributed by atoms with Crippen molar-refractivity contribution in [1.82, 2.24) is 0 Å². The third-order valence-electron chi connectivity index (χ3n) is 2.13. The molecule has 1 aliphatic heterocycles. The molecule has 4 heteroatoms. The zero-order chi connectivity index (χ0) is 9.19. The Kier molecular flexibility index (Phi) is 2.45. The molecule has 0 aliphatic carbocycles. The molecule has 0 aromatic heterocycles. The zero-order valence-electron chi connectivity index (χ0n) is 6.93. The van der Waals surface area contributed by atoms with Crippen molar-refractivity contribution in [2.24, 2.45) is 5.41 Å². The molecule has 12 heavy (non-hydrogen) atoms. The fourth-order valence-electron chi connectivity index (χ4n) is 1.38. The van der Waals surface area contributed by atoms with E-state index in [0.29, 0.717) is 12.8 Å². The number of Topliss-reactive ketones (excluding diaryl/α,β-unsaturated/α-hetero) is 1. The molecule has 0 spiro atoms. The molecule has 3 nitrogen and oxygen atoms in total. The average molecular weight is 174 g/mol. The Bertz CT molecular complexity index is 214. The van der Waals surface area contributed by atoms with E-state index in [9.17, 15) is 14.0 Å². The summed E-state index contributed by atoms with van der Waals surface area (Å²) in [6.45, 7) is 0.952. The van der Waals surface area contributed by atoms with Crippen LogP contribution in [0, 0.1) is 5.41 Å². The van der Waals surface area contributed by atoms with Crippen LogP contribution < -0.4 is 0 Å². The fourth-order valence-corrected chi connectivity index (χ4v) is 1.38. The van der Waals surface area contributed by atoms with Crippen LogP contribution in [0.2, 0.25) is 0 Å². The average Bonchev–Trinajstić information content (AvgIpc) is 2.35. The minimum Gasteiger partial charge on any atom is -0.459 e. The summed E-state index contributed by atoms with van der Waals surface area (Å²) in [5.41, 5.74) is -1.16. The van der Waals surface area contributed by atoms with Gasteiger partial charge in [-0.05, 0) is 6.42 Å². The van der Waals surface area contributed by atoms with E-state index < -0.39 is 23.8 Å². The van der Waals surface area contributed by atoms with E-state index in [1.165, 1.54) is 0 Å². The first kappa shape index (κ1) is 9.16. The molecule has 1 unspecified atom stereocenters. The Hall–Kier alpha value is -0.930. The zero-order valence-corrected chi connectivity index (χ0v) is 6.93. The lowest BCUT2D eigenvalue weighted by molar-refractivity contribution is -0.147. The van der Waals surface area contributed by atoms with Crippen LogP contribution in [0.15, 0.2) is 0 Å². The van der Waals surface area contributed by atoms with E-state index >= 15 is 0 Å². The summed E-state index contributed by atoms with van der Waals surface area (Å²) in [7, 11) is 0. The minimum absolute atomic E-state index is 0.0883. The highest BCUT2D eigenvalue weighted by Crippen LogP contribution is 2.31. The van der Waals surface area contributed by atoms with Gasteiger partial charge >= 0.3 is 5.97 Å². The predicted octanol–water partition coefficient (Wildman–Crippen LogP) is 0.868. The van der Waals surface area contributed by atoms with Gasteiger partial charge in [-0.25, -0.2) is 9.18 Å². The second kappa shape index (κ2) is 3.21. The van der Waals surface area contributed by atoms with Crippen LogP contribution >= 0.6 is 0 Å². The van der Waals surface area contributed by atoms with Crippen LogP contribution in [-0.4, -0.2) is 25.0 Å². The quantitative estimate of drug-likeness (QED) is 0.471. The number of esters is 1. The van der Waals surface area contributed by atoms with Gasteiger partial charge in [-0.2, -0.15) is 0 Å². The summed E-state index contributed by atoms with van der Waals surface area (Å²) < 4.78 is 17.0. The Labute approximate surface area is 69.9 Å². The van der Waals surface area contributed by atoms with Gasteiger partial charge < -0.3 is 4.74 Å². The van der Waals surface area contributed by atoms with Gasteiger partial charge in [0, 0.05) is 0 Å². The summed E-state index contributed by atoms with van der Waals surface area (Å²) in [6, 6.07) is 0. The third kappa shape index (κ3) is 1.21. The number of ketones is 1. The van der Waals surface area contributed by atoms with Crippen LogP contribution in [0.25, 0.3) is 0 Å². The summed E-state index contributed by atoms with van der Waals surface area (Å²) in [5, 5.41) is 0. The maximum atomic E-state index is 12.5. The molecule has 1 aliphatic rings. The number of alkyl halides is 1. The highest BCUT2D eigenvalue weighted by atomic mass is 19.1. The van der Waals surface area contributed by atoms with Crippen molar-refractivity contribution in [3.05, 3.63) is 0 Å². The van der Waals surface area contributed by atoms with Crippen molar-refractivity contribution in [2.45, 2.75) is 19.8 Å². The van der Waals surface area contributed by atoms with Gasteiger partial charge in [-0.3, -0.25) is 4.79 Å². The molecule has 1 heterocycles. The van der Waals surface area contributed by atoms with Crippen molar-refractivity contribution >= 4 is 11.8 Å². The third-order valence-corrected chi connectivity index (χ3v) is 2.13. The molecular weight excluding hydrogens is 163 g/mol. The highest BCUT2D eigenvalue weighted by Gasteiger charge is 2.49. The fraction of sp³-hybridized carbons (Fsp3) is 0.750. The van der Waals surface area contributed by atoms with Crippen LogP contribution in [0.3, 0.4) is 0 Å². The van der Waals surface area contributed by atoms with Crippen LogP contribution in [0.4, 0.5) is 4.39 Å². The summed E-state index contributed by atoms with van der Waals surface area (Å²) in [6.07, 6.45) is 1.06. The van der Waals surface area contributed by atoms with E-state index in [4.69, 9.17) is 0 Å². The first-order valence-corrected chi connectivity index (χ1v) is 3.94. The minimum atomic E-state index is -1.16. The maximum absolute atomic E-state index is 12.5. The largest absolute Gasteiger partial charge is 0.459 e. The normalized spacial score (nSPS) is 29.2. The second-order valence-corrected chi connectivity index (χ2v) is 3.07. The highest BCUT2D eigenvalue weighted by molar-refractivity contribution is 6.37. The van der Waals surface area contributed by atoms with Gasteiger partial charge in [0.25, 0.3) is 5.78 Å². The van der Waals surface area contributed by atoms with E-state index in [1.54, 1.807) is 0 Å². The van der Waals surface area contributed by atoms with Crippen molar-refractivity contribution in [3.63, 3.8) is 0 Å². The molecule has 0 aromatic carbocycles. The van der Waals surface area contributed by atoms with Gasteiger partial charge in [0.15, 0.2) is 0 Å². The molecule has 1 atom stereocenters. The molecule has 1 saturated heterocycles. The number of ether oxygens (including phenoxy) is 1. The van der Waals surface area contributed by atoms with Crippen molar-refractivity contribution in [3.8, 4) is 0 Å². The first-order chi connectivity index (χ1) is 5.66. The molecule has 0 aromatic rings. The topological polar surface area (TPSA) is 43.4 Å². The summed E-state index contributed by atoms with van der Waals surface area (Å²) in [4.78, 5) is 21.8.